The molecule has 5 heteroatoms. The minimum absolute atomic E-state index is 0.588. The summed E-state index contributed by atoms with van der Waals surface area (Å²) in [6.45, 7) is 0.935. The third-order valence-corrected chi connectivity index (χ3v) is 4.57. The minimum Gasteiger partial charge on any atom is -0.369 e. The van der Waals surface area contributed by atoms with E-state index in [0.717, 1.165) is 17.7 Å². The van der Waals surface area contributed by atoms with Crippen LogP contribution in [0.1, 0.15) is 19.3 Å². The van der Waals surface area contributed by atoms with Crippen molar-refractivity contribution in [2.24, 2.45) is 0 Å². The van der Waals surface area contributed by atoms with Crippen LogP contribution >= 0.6 is 11.8 Å². The van der Waals surface area contributed by atoms with Gasteiger partial charge in [0.25, 0.3) is 0 Å². The normalized spacial score (nSPS) is 20.8. The van der Waals surface area contributed by atoms with Crippen LogP contribution in [0, 0.1) is 0 Å². The number of hydrogen-bond donors (Lipinski definition) is 1. The number of aromatic nitrogens is 3. The second-order valence-electron chi connectivity index (χ2n) is 4.42. The number of nitrogen functional groups attached to an aromatic ring is 1. The zero-order valence-electron chi connectivity index (χ0n) is 9.67. The molecule has 1 aliphatic heterocycles. The number of anilines is 1. The highest BCUT2D eigenvalue weighted by Crippen LogP contribution is 2.28. The Morgan fingerprint density at radius 1 is 1.47 bits per heavy atom. The van der Waals surface area contributed by atoms with E-state index in [1.165, 1.54) is 25.0 Å². The largest absolute Gasteiger partial charge is 0.369 e. The van der Waals surface area contributed by atoms with Gasteiger partial charge in [-0.25, -0.2) is 9.97 Å². The maximum Gasteiger partial charge on any atom is 0.202 e. The van der Waals surface area contributed by atoms with E-state index in [9.17, 15) is 0 Å². The molecule has 1 fully saturated rings. The first-order chi connectivity index (χ1) is 8.34. The molecule has 2 aromatic rings. The summed E-state index contributed by atoms with van der Waals surface area (Å²) in [6, 6.07) is 3.86. The SMILES string of the molecule is Nc1nc2cccnc2n1CC1CCCCS1. The Hall–Kier alpha value is -1.23. The van der Waals surface area contributed by atoms with Crippen molar-refractivity contribution in [3.63, 3.8) is 0 Å². The van der Waals surface area contributed by atoms with Crippen LogP contribution in [-0.2, 0) is 6.54 Å². The van der Waals surface area contributed by atoms with Crippen LogP contribution in [0.25, 0.3) is 11.2 Å². The lowest BCUT2D eigenvalue weighted by Crippen LogP contribution is -2.18. The molecule has 0 aliphatic carbocycles. The summed E-state index contributed by atoms with van der Waals surface area (Å²) in [4.78, 5) is 8.73. The molecule has 2 N–H and O–H groups in total. The Balaban J connectivity index is 1.90. The van der Waals surface area contributed by atoms with Crippen LogP contribution < -0.4 is 5.73 Å². The summed E-state index contributed by atoms with van der Waals surface area (Å²) in [5.74, 6) is 1.86. The van der Waals surface area contributed by atoms with Crippen molar-refractivity contribution in [2.75, 3.05) is 11.5 Å². The summed E-state index contributed by atoms with van der Waals surface area (Å²) >= 11 is 2.05. The Kier molecular flexibility index (Phi) is 2.93. The van der Waals surface area contributed by atoms with E-state index in [-0.39, 0.29) is 0 Å². The number of imidazole rings is 1. The maximum absolute atomic E-state index is 5.97. The van der Waals surface area contributed by atoms with Crippen LogP contribution in [0.3, 0.4) is 0 Å². The van der Waals surface area contributed by atoms with Gasteiger partial charge < -0.3 is 5.73 Å². The van der Waals surface area contributed by atoms with Crippen molar-refractivity contribution in [3.05, 3.63) is 18.3 Å². The lowest BCUT2D eigenvalue weighted by atomic mass is 10.2. The van der Waals surface area contributed by atoms with Gasteiger partial charge in [-0.3, -0.25) is 4.57 Å². The molecule has 4 nitrogen and oxygen atoms in total. The van der Waals surface area contributed by atoms with E-state index in [1.807, 2.05) is 23.9 Å². The van der Waals surface area contributed by atoms with Gasteiger partial charge in [-0.1, -0.05) is 6.42 Å². The highest BCUT2D eigenvalue weighted by molar-refractivity contribution is 7.99. The standard InChI is InChI=1S/C12H16N4S/c13-12-15-10-5-3-6-14-11(10)16(12)8-9-4-1-2-7-17-9/h3,5-6,9H,1-2,4,7-8H2,(H2,13,15). The van der Waals surface area contributed by atoms with Crippen molar-refractivity contribution in [1.29, 1.82) is 0 Å². The molecule has 0 bridgehead atoms. The predicted octanol–water partition coefficient (Wildman–Crippen LogP) is 2.30. The molecule has 90 valence electrons. The maximum atomic E-state index is 5.97. The number of fused-ring (bicyclic) bond motifs is 1. The number of hydrogen-bond acceptors (Lipinski definition) is 4. The Morgan fingerprint density at radius 3 is 3.24 bits per heavy atom. The van der Waals surface area contributed by atoms with Crippen molar-refractivity contribution < 1.29 is 0 Å². The van der Waals surface area contributed by atoms with Gasteiger partial charge in [0.05, 0.1) is 0 Å². The first-order valence-electron chi connectivity index (χ1n) is 6.03. The Morgan fingerprint density at radius 2 is 2.41 bits per heavy atom. The van der Waals surface area contributed by atoms with Crippen molar-refractivity contribution >= 4 is 28.9 Å². The Labute approximate surface area is 105 Å². The molecule has 1 atom stereocenters. The smallest absolute Gasteiger partial charge is 0.202 e. The molecular weight excluding hydrogens is 232 g/mol. The predicted molar refractivity (Wildman–Crippen MR) is 72.0 cm³/mol. The second kappa shape index (κ2) is 4.56. The Bertz CT molecular complexity index is 516. The molecule has 1 unspecified atom stereocenters. The fraction of sp³-hybridized carbons (Fsp3) is 0.500. The summed E-state index contributed by atoms with van der Waals surface area (Å²) in [6.07, 6.45) is 5.75. The van der Waals surface area contributed by atoms with Crippen LogP contribution in [-0.4, -0.2) is 25.5 Å². The highest BCUT2D eigenvalue weighted by atomic mass is 32.2. The summed E-state index contributed by atoms with van der Waals surface area (Å²) in [5, 5.41) is 0.658. The summed E-state index contributed by atoms with van der Waals surface area (Å²) in [5.41, 5.74) is 7.78. The average molecular weight is 248 g/mol. The first-order valence-corrected chi connectivity index (χ1v) is 7.08. The van der Waals surface area contributed by atoms with E-state index in [0.29, 0.717) is 11.2 Å². The summed E-state index contributed by atoms with van der Waals surface area (Å²) in [7, 11) is 0. The number of rotatable bonds is 2. The van der Waals surface area contributed by atoms with E-state index in [2.05, 4.69) is 14.5 Å². The third kappa shape index (κ3) is 2.11. The van der Waals surface area contributed by atoms with Gasteiger partial charge in [0, 0.05) is 18.0 Å². The molecule has 3 heterocycles. The molecule has 1 aliphatic rings. The molecule has 0 saturated carbocycles. The van der Waals surface area contributed by atoms with Crippen molar-refractivity contribution in [2.45, 2.75) is 31.1 Å². The summed E-state index contributed by atoms with van der Waals surface area (Å²) < 4.78 is 2.05. The number of thioether (sulfide) groups is 1. The van der Waals surface area contributed by atoms with Gasteiger partial charge >= 0.3 is 0 Å². The topological polar surface area (TPSA) is 56.7 Å². The van der Waals surface area contributed by atoms with Gasteiger partial charge in [0.1, 0.15) is 5.52 Å². The molecule has 0 aromatic carbocycles. The highest BCUT2D eigenvalue weighted by Gasteiger charge is 2.17. The lowest BCUT2D eigenvalue weighted by molar-refractivity contribution is 0.593. The number of nitrogens with zero attached hydrogens (tertiary/aromatic N) is 3. The quantitative estimate of drug-likeness (QED) is 0.886. The monoisotopic (exact) mass is 248 g/mol. The van der Waals surface area contributed by atoms with E-state index < -0.39 is 0 Å². The number of pyridine rings is 1. The van der Waals surface area contributed by atoms with Crippen LogP contribution in [0.15, 0.2) is 18.3 Å². The van der Waals surface area contributed by atoms with Crippen LogP contribution in [0.2, 0.25) is 0 Å². The van der Waals surface area contributed by atoms with Gasteiger partial charge in [-0.05, 0) is 30.7 Å². The molecule has 0 radical (unpaired) electrons. The molecular formula is C12H16N4S. The van der Waals surface area contributed by atoms with Gasteiger partial charge in [0.2, 0.25) is 5.95 Å². The second-order valence-corrected chi connectivity index (χ2v) is 5.82. The first kappa shape index (κ1) is 10.9. The third-order valence-electron chi connectivity index (χ3n) is 3.19. The van der Waals surface area contributed by atoms with Gasteiger partial charge in [0.15, 0.2) is 5.65 Å². The van der Waals surface area contributed by atoms with Crippen LogP contribution in [0.5, 0.6) is 0 Å². The van der Waals surface area contributed by atoms with Crippen molar-refractivity contribution in [1.82, 2.24) is 14.5 Å². The minimum atomic E-state index is 0.588. The number of nitrogens with two attached hydrogens (primary N) is 1. The lowest BCUT2D eigenvalue weighted by Gasteiger charge is -2.21. The van der Waals surface area contributed by atoms with E-state index in [1.54, 1.807) is 6.20 Å². The zero-order valence-corrected chi connectivity index (χ0v) is 10.5. The molecule has 1 saturated heterocycles. The van der Waals surface area contributed by atoms with E-state index >= 15 is 0 Å². The molecule has 0 amide bonds. The van der Waals surface area contributed by atoms with Crippen molar-refractivity contribution in [3.8, 4) is 0 Å². The molecule has 17 heavy (non-hydrogen) atoms. The molecule has 0 spiro atoms. The van der Waals surface area contributed by atoms with E-state index in [4.69, 9.17) is 5.73 Å². The zero-order chi connectivity index (χ0) is 11.7. The average Bonchev–Trinajstić information content (AvgIpc) is 2.68. The fourth-order valence-electron chi connectivity index (χ4n) is 2.31. The molecule has 2 aromatic heterocycles. The van der Waals surface area contributed by atoms with Crippen LogP contribution in [0.4, 0.5) is 5.95 Å². The molecule has 3 rings (SSSR count). The fourth-order valence-corrected chi connectivity index (χ4v) is 3.60. The van der Waals surface area contributed by atoms with Gasteiger partial charge in [-0.15, -0.1) is 0 Å². The van der Waals surface area contributed by atoms with Gasteiger partial charge in [-0.2, -0.15) is 11.8 Å².